The first-order chi connectivity index (χ1) is 16.7. The van der Waals surface area contributed by atoms with Crippen molar-refractivity contribution in [1.29, 1.82) is 0 Å². The van der Waals surface area contributed by atoms with Crippen molar-refractivity contribution in [3.05, 3.63) is 96.9 Å². The molecule has 0 aliphatic carbocycles. The molecule has 178 valence electrons. The molecule has 0 atom stereocenters. The maximum absolute atomic E-state index is 13.2. The average molecular weight is 574 g/mol. The van der Waals surface area contributed by atoms with E-state index in [1.807, 2.05) is 19.9 Å². The van der Waals surface area contributed by atoms with Crippen LogP contribution in [0.15, 0.2) is 64.6 Å². The Morgan fingerprint density at radius 1 is 1.03 bits per heavy atom. The maximum Gasteiger partial charge on any atom is 0.335 e. The molecule has 6 nitrogen and oxygen atoms in total. The van der Waals surface area contributed by atoms with E-state index in [0.29, 0.717) is 31.5 Å². The number of halogens is 3. The first kappa shape index (κ1) is 25.0. The van der Waals surface area contributed by atoms with Crippen molar-refractivity contribution < 1.29 is 19.1 Å². The number of hydrogen-bond donors (Lipinski definition) is 1. The van der Waals surface area contributed by atoms with Gasteiger partial charge in [0.15, 0.2) is 0 Å². The summed E-state index contributed by atoms with van der Waals surface area (Å²) in [7, 11) is 0. The minimum Gasteiger partial charge on any atom is -0.488 e. The van der Waals surface area contributed by atoms with Crippen LogP contribution in [0.2, 0.25) is 10.0 Å². The van der Waals surface area contributed by atoms with Crippen molar-refractivity contribution in [3.63, 3.8) is 0 Å². The number of aryl methyl sites for hydroxylation is 1. The zero-order valence-electron chi connectivity index (χ0n) is 18.7. The van der Waals surface area contributed by atoms with Gasteiger partial charge < -0.3 is 4.74 Å². The number of rotatable bonds is 5. The Hall–Kier alpha value is -3.13. The number of carbonyl (C=O) groups is 3. The summed E-state index contributed by atoms with van der Waals surface area (Å²) in [6.07, 6.45) is 1.44. The highest BCUT2D eigenvalue weighted by Crippen LogP contribution is 2.31. The Balaban J connectivity index is 1.58. The third-order valence-electron chi connectivity index (χ3n) is 5.58. The van der Waals surface area contributed by atoms with Gasteiger partial charge in [0, 0.05) is 15.6 Å². The normalized spacial score (nSPS) is 14.9. The number of amides is 4. The molecule has 3 aromatic carbocycles. The summed E-state index contributed by atoms with van der Waals surface area (Å²) in [4.78, 5) is 39.2. The van der Waals surface area contributed by atoms with E-state index < -0.39 is 17.8 Å². The molecule has 0 aromatic heterocycles. The molecule has 0 saturated carbocycles. The number of carbonyl (C=O) groups excluding carboxylic acids is 3. The van der Waals surface area contributed by atoms with Crippen molar-refractivity contribution in [2.45, 2.75) is 20.5 Å². The molecule has 3 aromatic rings. The van der Waals surface area contributed by atoms with E-state index in [0.717, 1.165) is 21.6 Å². The van der Waals surface area contributed by atoms with E-state index in [2.05, 4.69) is 21.2 Å². The zero-order chi connectivity index (χ0) is 25.3. The quantitative estimate of drug-likeness (QED) is 0.275. The van der Waals surface area contributed by atoms with E-state index in [9.17, 15) is 14.4 Å². The molecule has 4 rings (SSSR count). The van der Waals surface area contributed by atoms with Gasteiger partial charge in [-0.25, -0.2) is 9.69 Å². The lowest BCUT2D eigenvalue weighted by Crippen LogP contribution is -2.54. The average Bonchev–Trinajstić information content (AvgIpc) is 2.80. The fourth-order valence-corrected chi connectivity index (χ4v) is 4.51. The number of hydrogen-bond acceptors (Lipinski definition) is 4. The van der Waals surface area contributed by atoms with Gasteiger partial charge in [-0.1, -0.05) is 47.5 Å². The van der Waals surface area contributed by atoms with Crippen LogP contribution in [0.25, 0.3) is 6.08 Å². The fraction of sp³-hybridized carbons (Fsp3) is 0.115. The summed E-state index contributed by atoms with van der Waals surface area (Å²) in [6.45, 7) is 3.93. The molecule has 1 saturated heterocycles. The number of nitrogens with one attached hydrogen (secondary N) is 1. The van der Waals surface area contributed by atoms with Crippen LogP contribution in [0.4, 0.5) is 10.5 Å². The fourth-order valence-electron chi connectivity index (χ4n) is 3.54. The van der Waals surface area contributed by atoms with Gasteiger partial charge >= 0.3 is 6.03 Å². The Bertz CT molecular complexity index is 1400. The van der Waals surface area contributed by atoms with Crippen molar-refractivity contribution in [2.75, 3.05) is 4.90 Å². The highest BCUT2D eigenvalue weighted by molar-refractivity contribution is 9.10. The molecule has 4 amide bonds. The molecule has 0 radical (unpaired) electrons. The third kappa shape index (κ3) is 5.27. The third-order valence-corrected chi connectivity index (χ3v) is 6.79. The van der Waals surface area contributed by atoms with Crippen LogP contribution >= 0.6 is 39.1 Å². The van der Waals surface area contributed by atoms with Gasteiger partial charge in [-0.3, -0.25) is 14.9 Å². The lowest BCUT2D eigenvalue weighted by Gasteiger charge is -2.28. The molecular weight excluding hydrogens is 555 g/mol. The van der Waals surface area contributed by atoms with Gasteiger partial charge in [0.05, 0.1) is 10.2 Å². The predicted molar refractivity (Wildman–Crippen MR) is 140 cm³/mol. The van der Waals surface area contributed by atoms with E-state index in [-0.39, 0.29) is 12.2 Å². The monoisotopic (exact) mass is 572 g/mol. The number of nitrogens with zero attached hydrogens (tertiary/aromatic N) is 1. The van der Waals surface area contributed by atoms with Gasteiger partial charge in [0.25, 0.3) is 11.8 Å². The van der Waals surface area contributed by atoms with E-state index >= 15 is 0 Å². The van der Waals surface area contributed by atoms with Gasteiger partial charge in [0.2, 0.25) is 0 Å². The predicted octanol–water partition coefficient (Wildman–Crippen LogP) is 6.62. The largest absolute Gasteiger partial charge is 0.488 e. The molecule has 35 heavy (non-hydrogen) atoms. The van der Waals surface area contributed by atoms with Crippen LogP contribution in [0.5, 0.6) is 5.75 Å². The smallest absolute Gasteiger partial charge is 0.335 e. The topological polar surface area (TPSA) is 75.7 Å². The molecule has 1 aliphatic heterocycles. The molecule has 1 heterocycles. The first-order valence-electron chi connectivity index (χ1n) is 10.5. The first-order valence-corrected chi connectivity index (χ1v) is 12.0. The Kier molecular flexibility index (Phi) is 7.31. The summed E-state index contributed by atoms with van der Waals surface area (Å²) in [6, 6.07) is 14.8. The van der Waals surface area contributed by atoms with Crippen molar-refractivity contribution >= 4 is 68.7 Å². The number of urea groups is 1. The summed E-state index contributed by atoms with van der Waals surface area (Å²) < 4.78 is 6.46. The van der Waals surface area contributed by atoms with E-state index in [4.69, 9.17) is 27.9 Å². The SMILES string of the molecule is Cc1cccc(N2C(=O)NC(=O)/C(=C\c3ccc(OCc4ccc(Cl)cc4Cl)c(Br)c3)C2=O)c1C. The highest BCUT2D eigenvalue weighted by Gasteiger charge is 2.37. The molecule has 9 heteroatoms. The lowest BCUT2D eigenvalue weighted by atomic mass is 10.0. The molecule has 0 unspecified atom stereocenters. The summed E-state index contributed by atoms with van der Waals surface area (Å²) >= 11 is 15.6. The lowest BCUT2D eigenvalue weighted by molar-refractivity contribution is -0.122. The number of barbiturate groups is 1. The van der Waals surface area contributed by atoms with Crippen LogP contribution in [0.1, 0.15) is 22.3 Å². The van der Waals surface area contributed by atoms with E-state index in [1.165, 1.54) is 6.08 Å². The standard InChI is InChI=1S/C26H19BrCl2N2O4/c1-14-4-3-5-22(15(14)2)31-25(33)19(24(32)30-26(31)34)10-16-6-9-23(20(27)11-16)35-13-17-7-8-18(28)12-21(17)29/h3-12H,13H2,1-2H3,(H,30,32,34)/b19-10+. The van der Waals surface area contributed by atoms with E-state index in [1.54, 1.807) is 48.5 Å². The molecule has 0 spiro atoms. The van der Waals surface area contributed by atoms with Crippen LogP contribution < -0.4 is 15.0 Å². The molecule has 1 aliphatic rings. The summed E-state index contributed by atoms with van der Waals surface area (Å²) in [5.41, 5.74) is 3.31. The molecule has 1 N–H and O–H groups in total. The number of anilines is 1. The second kappa shape index (κ2) is 10.2. The second-order valence-electron chi connectivity index (χ2n) is 7.89. The van der Waals surface area contributed by atoms with Crippen molar-refractivity contribution in [3.8, 4) is 5.75 Å². The summed E-state index contributed by atoms with van der Waals surface area (Å²) in [5, 5.41) is 3.29. The second-order valence-corrected chi connectivity index (χ2v) is 9.59. The zero-order valence-corrected chi connectivity index (χ0v) is 21.8. The molecule has 0 bridgehead atoms. The van der Waals surface area contributed by atoms with Crippen molar-refractivity contribution in [2.24, 2.45) is 0 Å². The highest BCUT2D eigenvalue weighted by atomic mass is 79.9. The van der Waals surface area contributed by atoms with Crippen molar-refractivity contribution in [1.82, 2.24) is 5.32 Å². The van der Waals surface area contributed by atoms with Crippen LogP contribution in [-0.2, 0) is 16.2 Å². The van der Waals surface area contributed by atoms with Gasteiger partial charge in [0.1, 0.15) is 17.9 Å². The van der Waals surface area contributed by atoms with Crippen LogP contribution in [0, 0.1) is 13.8 Å². The van der Waals surface area contributed by atoms with Gasteiger partial charge in [-0.05, 0) is 82.9 Å². The van der Waals surface area contributed by atoms with Crippen LogP contribution in [0.3, 0.4) is 0 Å². The number of ether oxygens (including phenoxy) is 1. The van der Waals surface area contributed by atoms with Gasteiger partial charge in [-0.2, -0.15) is 0 Å². The number of imide groups is 2. The summed E-state index contributed by atoms with van der Waals surface area (Å²) in [5.74, 6) is -0.901. The number of benzene rings is 3. The van der Waals surface area contributed by atoms with Crippen LogP contribution in [-0.4, -0.2) is 17.8 Å². The van der Waals surface area contributed by atoms with Gasteiger partial charge in [-0.15, -0.1) is 0 Å². The molecular formula is C26H19BrCl2N2O4. The Morgan fingerprint density at radius 3 is 2.51 bits per heavy atom. The molecule has 1 fully saturated rings. The maximum atomic E-state index is 13.2. The minimum absolute atomic E-state index is 0.154. The Labute approximate surface area is 220 Å². The minimum atomic E-state index is -0.781. The Morgan fingerprint density at radius 2 is 1.80 bits per heavy atom.